The molecule has 1 atom stereocenters. The molecule has 166 valence electrons. The summed E-state index contributed by atoms with van der Waals surface area (Å²) < 4.78 is 1.92. The van der Waals surface area contributed by atoms with Crippen LogP contribution < -0.4 is 10.6 Å². The SMILES string of the molecule is Cn1ccnc1CNC(=O)C1CCc2c(sc3ncnc(Nc4ccc5[nH]ncc5c4)c23)C1. The molecule has 0 bridgehead atoms. The second kappa shape index (κ2) is 7.96. The van der Waals surface area contributed by atoms with Crippen LogP contribution in [-0.2, 0) is 31.2 Å². The van der Waals surface area contributed by atoms with Gasteiger partial charge in [0.05, 0.1) is 23.6 Å². The van der Waals surface area contributed by atoms with Crippen molar-refractivity contribution in [2.24, 2.45) is 13.0 Å². The summed E-state index contributed by atoms with van der Waals surface area (Å²) in [6.07, 6.45) is 9.39. The molecular formula is C23H22N8OS. The van der Waals surface area contributed by atoms with E-state index >= 15 is 0 Å². The number of hydrogen-bond acceptors (Lipinski definition) is 7. The number of imidazole rings is 1. The van der Waals surface area contributed by atoms with Crippen LogP contribution >= 0.6 is 11.3 Å². The van der Waals surface area contributed by atoms with Crippen LogP contribution in [0.5, 0.6) is 0 Å². The maximum atomic E-state index is 12.8. The minimum absolute atomic E-state index is 0.0429. The lowest BCUT2D eigenvalue weighted by Gasteiger charge is -2.21. The molecule has 0 radical (unpaired) electrons. The van der Waals surface area contributed by atoms with E-state index in [4.69, 9.17) is 0 Å². The Morgan fingerprint density at radius 2 is 2.24 bits per heavy atom. The smallest absolute Gasteiger partial charge is 0.223 e. The van der Waals surface area contributed by atoms with Crippen molar-refractivity contribution in [3.05, 3.63) is 59.4 Å². The first-order valence-electron chi connectivity index (χ1n) is 10.8. The van der Waals surface area contributed by atoms with E-state index in [0.29, 0.717) is 6.54 Å². The van der Waals surface area contributed by atoms with Gasteiger partial charge in [0.1, 0.15) is 22.8 Å². The number of anilines is 2. The average molecular weight is 459 g/mol. The van der Waals surface area contributed by atoms with Crippen molar-refractivity contribution in [2.75, 3.05) is 5.32 Å². The van der Waals surface area contributed by atoms with Gasteiger partial charge < -0.3 is 15.2 Å². The number of H-pyrrole nitrogens is 1. The summed E-state index contributed by atoms with van der Waals surface area (Å²) >= 11 is 1.67. The second-order valence-electron chi connectivity index (χ2n) is 8.32. The number of benzene rings is 1. The number of aryl methyl sites for hydroxylation is 2. The number of fused-ring (bicyclic) bond motifs is 4. The molecule has 1 unspecified atom stereocenters. The van der Waals surface area contributed by atoms with Crippen LogP contribution in [0.2, 0.25) is 0 Å². The van der Waals surface area contributed by atoms with E-state index < -0.39 is 0 Å². The number of nitrogens with zero attached hydrogens (tertiary/aromatic N) is 5. The summed E-state index contributed by atoms with van der Waals surface area (Å²) in [5.41, 5.74) is 3.20. The molecule has 1 amide bonds. The first-order chi connectivity index (χ1) is 16.2. The van der Waals surface area contributed by atoms with Crippen LogP contribution in [0.3, 0.4) is 0 Å². The van der Waals surface area contributed by atoms with Gasteiger partial charge in [-0.05, 0) is 43.0 Å². The molecule has 6 rings (SSSR count). The molecule has 4 heterocycles. The molecule has 33 heavy (non-hydrogen) atoms. The van der Waals surface area contributed by atoms with E-state index in [1.807, 2.05) is 42.2 Å². The van der Waals surface area contributed by atoms with Crippen LogP contribution in [0.1, 0.15) is 22.7 Å². The lowest BCUT2D eigenvalue weighted by molar-refractivity contribution is -0.125. The van der Waals surface area contributed by atoms with Crippen molar-refractivity contribution in [3.63, 3.8) is 0 Å². The van der Waals surface area contributed by atoms with E-state index in [9.17, 15) is 4.79 Å². The Labute approximate surface area is 193 Å². The Morgan fingerprint density at radius 3 is 3.12 bits per heavy atom. The van der Waals surface area contributed by atoms with Crippen molar-refractivity contribution in [1.82, 2.24) is 35.0 Å². The van der Waals surface area contributed by atoms with Crippen molar-refractivity contribution in [1.29, 1.82) is 0 Å². The number of carbonyl (C=O) groups excluding carboxylic acids is 1. The standard InChI is InChI=1S/C23H22N8OS/c1-31-7-6-24-19(31)11-25-22(32)13-2-4-16-18(9-13)33-23-20(16)21(26-12-27-23)29-15-3-5-17-14(8-15)10-28-30-17/h3,5-8,10,12-13H,2,4,9,11H2,1H3,(H,25,32)(H,28,30)(H,26,27,29). The Balaban J connectivity index is 1.23. The van der Waals surface area contributed by atoms with Crippen LogP contribution in [0, 0.1) is 5.92 Å². The molecule has 9 nitrogen and oxygen atoms in total. The minimum Gasteiger partial charge on any atom is -0.349 e. The molecule has 4 aromatic heterocycles. The summed E-state index contributed by atoms with van der Waals surface area (Å²) in [5.74, 6) is 1.69. The first kappa shape index (κ1) is 19.9. The lowest BCUT2D eigenvalue weighted by Crippen LogP contribution is -2.34. The van der Waals surface area contributed by atoms with Crippen molar-refractivity contribution in [2.45, 2.75) is 25.8 Å². The Morgan fingerprint density at radius 1 is 1.30 bits per heavy atom. The third-order valence-electron chi connectivity index (χ3n) is 6.26. The van der Waals surface area contributed by atoms with Crippen molar-refractivity contribution in [3.8, 4) is 0 Å². The molecule has 0 spiro atoms. The zero-order valence-corrected chi connectivity index (χ0v) is 18.8. The van der Waals surface area contributed by atoms with Crippen molar-refractivity contribution >= 4 is 49.9 Å². The largest absolute Gasteiger partial charge is 0.349 e. The van der Waals surface area contributed by atoms with E-state index in [1.165, 1.54) is 10.4 Å². The quantitative estimate of drug-likeness (QED) is 0.372. The zero-order chi connectivity index (χ0) is 22.4. The third-order valence-corrected chi connectivity index (χ3v) is 7.42. The highest BCUT2D eigenvalue weighted by Crippen LogP contribution is 2.40. The fourth-order valence-corrected chi connectivity index (χ4v) is 5.73. The molecule has 5 aromatic rings. The van der Waals surface area contributed by atoms with Gasteiger partial charge in [0, 0.05) is 41.3 Å². The van der Waals surface area contributed by atoms with Gasteiger partial charge in [-0.2, -0.15) is 5.10 Å². The highest BCUT2D eigenvalue weighted by Gasteiger charge is 2.29. The fraction of sp³-hybridized carbons (Fsp3) is 0.261. The number of thiophene rings is 1. The minimum atomic E-state index is -0.0429. The molecule has 3 N–H and O–H groups in total. The number of aromatic nitrogens is 6. The van der Waals surface area contributed by atoms with E-state index in [1.54, 1.807) is 23.9 Å². The molecule has 1 aromatic carbocycles. The van der Waals surface area contributed by atoms with Crippen LogP contribution in [0.4, 0.5) is 11.5 Å². The van der Waals surface area contributed by atoms with Gasteiger partial charge in [0.15, 0.2) is 0 Å². The van der Waals surface area contributed by atoms with Crippen LogP contribution in [0.25, 0.3) is 21.1 Å². The van der Waals surface area contributed by atoms with Crippen LogP contribution in [-0.4, -0.2) is 35.6 Å². The van der Waals surface area contributed by atoms with Gasteiger partial charge in [0.2, 0.25) is 5.91 Å². The van der Waals surface area contributed by atoms with Gasteiger partial charge >= 0.3 is 0 Å². The number of hydrogen-bond donors (Lipinski definition) is 3. The Hall–Kier alpha value is -3.79. The van der Waals surface area contributed by atoms with E-state index in [0.717, 1.165) is 57.7 Å². The molecule has 0 saturated heterocycles. The number of nitrogens with one attached hydrogen (secondary N) is 3. The normalized spacial score (nSPS) is 15.6. The molecule has 1 aliphatic rings. The third kappa shape index (κ3) is 3.62. The van der Waals surface area contributed by atoms with E-state index in [2.05, 4.69) is 35.8 Å². The number of aromatic amines is 1. The molecule has 1 aliphatic carbocycles. The molecule has 0 saturated carbocycles. The number of carbonyl (C=O) groups is 1. The summed E-state index contributed by atoms with van der Waals surface area (Å²) in [6.45, 7) is 0.443. The lowest BCUT2D eigenvalue weighted by atomic mass is 9.87. The second-order valence-corrected chi connectivity index (χ2v) is 9.40. The summed E-state index contributed by atoms with van der Waals surface area (Å²) in [7, 11) is 1.93. The van der Waals surface area contributed by atoms with Gasteiger partial charge in [-0.3, -0.25) is 9.89 Å². The molecule has 10 heteroatoms. The predicted molar refractivity (Wildman–Crippen MR) is 127 cm³/mol. The Kier molecular flexibility index (Phi) is 4.79. The maximum absolute atomic E-state index is 12.8. The summed E-state index contributed by atoms with van der Waals surface area (Å²) in [4.78, 5) is 28.4. The Bertz CT molecular complexity index is 1480. The summed E-state index contributed by atoms with van der Waals surface area (Å²) in [6, 6.07) is 6.06. The molecule has 0 aliphatic heterocycles. The fourth-order valence-electron chi connectivity index (χ4n) is 4.46. The topological polar surface area (TPSA) is 113 Å². The highest BCUT2D eigenvalue weighted by atomic mass is 32.1. The highest BCUT2D eigenvalue weighted by molar-refractivity contribution is 7.19. The monoisotopic (exact) mass is 458 g/mol. The van der Waals surface area contributed by atoms with Crippen molar-refractivity contribution < 1.29 is 4.79 Å². The van der Waals surface area contributed by atoms with Gasteiger partial charge in [0.25, 0.3) is 0 Å². The van der Waals surface area contributed by atoms with Gasteiger partial charge in [-0.1, -0.05) is 0 Å². The maximum Gasteiger partial charge on any atom is 0.223 e. The van der Waals surface area contributed by atoms with Gasteiger partial charge in [-0.25, -0.2) is 15.0 Å². The van der Waals surface area contributed by atoms with E-state index in [-0.39, 0.29) is 11.8 Å². The number of rotatable bonds is 5. The summed E-state index contributed by atoms with van der Waals surface area (Å²) in [5, 5.41) is 15.7. The molecular weight excluding hydrogens is 436 g/mol. The van der Waals surface area contributed by atoms with Gasteiger partial charge in [-0.15, -0.1) is 11.3 Å². The zero-order valence-electron chi connectivity index (χ0n) is 18.0. The number of amides is 1. The van der Waals surface area contributed by atoms with Crippen LogP contribution in [0.15, 0.2) is 43.1 Å². The molecule has 0 fully saturated rings. The average Bonchev–Trinajstić information content (AvgIpc) is 3.55. The first-order valence-corrected chi connectivity index (χ1v) is 11.7. The predicted octanol–water partition coefficient (Wildman–Crippen LogP) is 3.47.